The first-order chi connectivity index (χ1) is 8.68. The van der Waals surface area contributed by atoms with Crippen LogP contribution >= 0.6 is 11.8 Å². The summed E-state index contributed by atoms with van der Waals surface area (Å²) >= 11 is 1.46. The monoisotopic (exact) mass is 263 g/mol. The number of hydrogen-bond acceptors (Lipinski definition) is 3. The van der Waals surface area contributed by atoms with E-state index in [-0.39, 0.29) is 5.91 Å². The summed E-state index contributed by atoms with van der Waals surface area (Å²) in [5.41, 5.74) is 0.921. The molecule has 1 N–H and O–H groups in total. The summed E-state index contributed by atoms with van der Waals surface area (Å²) in [5.74, 6) is -0.299. The third kappa shape index (κ3) is 2.92. The van der Waals surface area contributed by atoms with Crippen LogP contribution in [-0.2, 0) is 9.59 Å². The van der Waals surface area contributed by atoms with Crippen LogP contribution in [0.5, 0.6) is 0 Å². The highest BCUT2D eigenvalue weighted by atomic mass is 32.2. The lowest BCUT2D eigenvalue weighted by Gasteiger charge is -2.18. The fraction of sp³-hybridized carbons (Fsp3) is 0.231. The van der Waals surface area contributed by atoms with Crippen molar-refractivity contribution in [3.8, 4) is 0 Å². The maximum absolute atomic E-state index is 11.9. The van der Waals surface area contributed by atoms with Gasteiger partial charge in [-0.15, -0.1) is 11.8 Å². The molecule has 1 saturated heterocycles. The van der Waals surface area contributed by atoms with Crippen molar-refractivity contribution >= 4 is 29.7 Å². The summed E-state index contributed by atoms with van der Waals surface area (Å²) in [7, 11) is 0. The van der Waals surface area contributed by atoms with E-state index in [9.17, 15) is 9.59 Å². The van der Waals surface area contributed by atoms with E-state index in [2.05, 4.69) is 0 Å². The van der Waals surface area contributed by atoms with E-state index in [1.54, 1.807) is 6.08 Å². The molecule has 5 heteroatoms. The lowest BCUT2D eigenvalue weighted by atomic mass is 10.2. The molecule has 0 radical (unpaired) electrons. The van der Waals surface area contributed by atoms with Crippen LogP contribution < -0.4 is 0 Å². The number of rotatable bonds is 3. The van der Waals surface area contributed by atoms with E-state index < -0.39 is 12.0 Å². The van der Waals surface area contributed by atoms with Gasteiger partial charge in [-0.3, -0.25) is 4.79 Å². The van der Waals surface area contributed by atoms with Gasteiger partial charge in [0.1, 0.15) is 6.04 Å². The first-order valence-electron chi connectivity index (χ1n) is 5.53. The fourth-order valence-corrected chi connectivity index (χ4v) is 2.85. The zero-order chi connectivity index (χ0) is 13.0. The number of carbonyl (C=O) groups is 2. The van der Waals surface area contributed by atoms with Crippen molar-refractivity contribution in [2.24, 2.45) is 0 Å². The van der Waals surface area contributed by atoms with Gasteiger partial charge in [0.05, 0.1) is 5.88 Å². The maximum atomic E-state index is 11.9. The average Bonchev–Trinajstić information content (AvgIpc) is 2.86. The molecule has 1 aliphatic rings. The van der Waals surface area contributed by atoms with Gasteiger partial charge in [-0.25, -0.2) is 4.79 Å². The van der Waals surface area contributed by atoms with Gasteiger partial charge in [0, 0.05) is 11.8 Å². The molecule has 0 aromatic heterocycles. The van der Waals surface area contributed by atoms with Crippen LogP contribution in [0, 0.1) is 0 Å². The van der Waals surface area contributed by atoms with E-state index in [1.807, 2.05) is 30.3 Å². The van der Waals surface area contributed by atoms with Gasteiger partial charge in [0.25, 0.3) is 0 Å². The van der Waals surface area contributed by atoms with Gasteiger partial charge >= 0.3 is 5.97 Å². The quantitative estimate of drug-likeness (QED) is 0.843. The first kappa shape index (κ1) is 12.7. The molecular formula is C13H13NO3S. The molecule has 0 bridgehead atoms. The van der Waals surface area contributed by atoms with E-state index in [1.165, 1.54) is 22.7 Å². The van der Waals surface area contributed by atoms with Crippen molar-refractivity contribution in [2.75, 3.05) is 11.6 Å². The van der Waals surface area contributed by atoms with Gasteiger partial charge < -0.3 is 10.0 Å². The zero-order valence-electron chi connectivity index (χ0n) is 9.65. The Labute approximate surface area is 109 Å². The molecule has 1 amide bonds. The lowest BCUT2D eigenvalue weighted by molar-refractivity contribution is -0.146. The lowest BCUT2D eigenvalue weighted by Crippen LogP contribution is -2.40. The standard InChI is InChI=1S/C13H13NO3S/c15-12(7-6-10-4-2-1-3-5-10)14-9-18-8-11(14)13(16)17/h1-7,11H,8-9H2,(H,16,17)/b7-6+/t11-/m0/s1. The number of aliphatic carboxylic acids is 1. The molecule has 1 fully saturated rings. The number of carboxylic acid groups (broad SMARTS) is 1. The van der Waals surface area contributed by atoms with E-state index >= 15 is 0 Å². The molecule has 1 aromatic carbocycles. The summed E-state index contributed by atoms with van der Waals surface area (Å²) in [6.45, 7) is 0. The average molecular weight is 263 g/mol. The Kier molecular flexibility index (Phi) is 4.04. The van der Waals surface area contributed by atoms with Crippen molar-refractivity contribution in [1.29, 1.82) is 0 Å². The molecule has 4 nitrogen and oxygen atoms in total. The van der Waals surface area contributed by atoms with Gasteiger partial charge in [-0.1, -0.05) is 30.3 Å². The third-order valence-corrected chi connectivity index (χ3v) is 3.68. The third-order valence-electron chi connectivity index (χ3n) is 2.67. The molecule has 0 aliphatic carbocycles. The van der Waals surface area contributed by atoms with Crippen molar-refractivity contribution < 1.29 is 14.7 Å². The smallest absolute Gasteiger partial charge is 0.327 e. The van der Waals surface area contributed by atoms with Crippen molar-refractivity contribution in [2.45, 2.75) is 6.04 Å². The minimum Gasteiger partial charge on any atom is -0.480 e. The second kappa shape index (κ2) is 5.73. The molecule has 94 valence electrons. The Bertz CT molecular complexity index is 472. The molecule has 0 spiro atoms. The Morgan fingerprint density at radius 3 is 2.72 bits per heavy atom. The van der Waals surface area contributed by atoms with Crippen LogP contribution in [0.3, 0.4) is 0 Å². The molecule has 0 unspecified atom stereocenters. The number of hydrogen-bond donors (Lipinski definition) is 1. The highest BCUT2D eigenvalue weighted by Crippen LogP contribution is 2.21. The minimum absolute atomic E-state index is 0.253. The largest absolute Gasteiger partial charge is 0.480 e. The van der Waals surface area contributed by atoms with Crippen LogP contribution in [0.4, 0.5) is 0 Å². The molecule has 1 atom stereocenters. The SMILES string of the molecule is O=C(O)[C@@H]1CSCN1C(=O)/C=C/c1ccccc1. The highest BCUT2D eigenvalue weighted by molar-refractivity contribution is 7.99. The summed E-state index contributed by atoms with van der Waals surface area (Å²) in [6, 6.07) is 8.74. The molecule has 1 aliphatic heterocycles. The van der Waals surface area contributed by atoms with Gasteiger partial charge in [0.2, 0.25) is 5.91 Å². The highest BCUT2D eigenvalue weighted by Gasteiger charge is 2.33. The van der Waals surface area contributed by atoms with Crippen LogP contribution in [0.25, 0.3) is 6.08 Å². The first-order valence-corrected chi connectivity index (χ1v) is 6.68. The van der Waals surface area contributed by atoms with E-state index in [0.717, 1.165) is 5.56 Å². The van der Waals surface area contributed by atoms with E-state index in [4.69, 9.17) is 5.11 Å². The van der Waals surface area contributed by atoms with Crippen LogP contribution in [0.15, 0.2) is 36.4 Å². The molecule has 1 heterocycles. The zero-order valence-corrected chi connectivity index (χ0v) is 10.5. The molecule has 0 saturated carbocycles. The predicted molar refractivity (Wildman–Crippen MR) is 71.1 cm³/mol. The molecule has 1 aromatic rings. The fourth-order valence-electron chi connectivity index (χ4n) is 1.69. The second-order valence-electron chi connectivity index (χ2n) is 3.91. The van der Waals surface area contributed by atoms with Gasteiger partial charge in [-0.05, 0) is 11.6 Å². The summed E-state index contributed by atoms with van der Waals surface area (Å²) in [5, 5.41) is 8.99. The maximum Gasteiger partial charge on any atom is 0.327 e. The van der Waals surface area contributed by atoms with Crippen molar-refractivity contribution in [1.82, 2.24) is 4.90 Å². The number of benzene rings is 1. The van der Waals surface area contributed by atoms with Crippen LogP contribution in [0.1, 0.15) is 5.56 Å². The van der Waals surface area contributed by atoms with Crippen molar-refractivity contribution in [3.05, 3.63) is 42.0 Å². The summed E-state index contributed by atoms with van der Waals surface area (Å²) < 4.78 is 0. The van der Waals surface area contributed by atoms with Gasteiger partial charge in [-0.2, -0.15) is 0 Å². The van der Waals surface area contributed by atoms with Crippen LogP contribution in [0.2, 0.25) is 0 Å². The Balaban J connectivity index is 2.04. The number of amides is 1. The summed E-state index contributed by atoms with van der Waals surface area (Å²) in [4.78, 5) is 24.2. The number of nitrogens with zero attached hydrogens (tertiary/aromatic N) is 1. The van der Waals surface area contributed by atoms with E-state index in [0.29, 0.717) is 11.6 Å². The van der Waals surface area contributed by atoms with Crippen LogP contribution in [-0.4, -0.2) is 39.6 Å². The molecular weight excluding hydrogens is 250 g/mol. The van der Waals surface area contributed by atoms with Crippen molar-refractivity contribution in [3.63, 3.8) is 0 Å². The minimum atomic E-state index is -0.943. The summed E-state index contributed by atoms with van der Waals surface area (Å²) in [6.07, 6.45) is 3.13. The normalized spacial score (nSPS) is 19.3. The Morgan fingerprint density at radius 1 is 1.33 bits per heavy atom. The molecule has 2 rings (SSSR count). The number of carbonyl (C=O) groups excluding carboxylic acids is 1. The Morgan fingerprint density at radius 2 is 2.06 bits per heavy atom. The Hall–Kier alpha value is -1.75. The topological polar surface area (TPSA) is 57.6 Å². The molecule has 18 heavy (non-hydrogen) atoms. The predicted octanol–water partition coefficient (Wildman–Crippen LogP) is 1.69. The second-order valence-corrected chi connectivity index (χ2v) is 4.91. The number of thioether (sulfide) groups is 1. The number of carboxylic acids is 1. The van der Waals surface area contributed by atoms with Gasteiger partial charge in [0.15, 0.2) is 0 Å².